The molecule has 0 saturated heterocycles. The zero-order valence-electron chi connectivity index (χ0n) is 4.38. The first-order valence-corrected chi connectivity index (χ1v) is 2.04. The molecule has 2 nitrogen and oxygen atoms in total. The molecule has 0 bridgehead atoms. The van der Waals surface area contributed by atoms with Gasteiger partial charge in [-0.3, -0.25) is 9.97 Å². The first-order chi connectivity index (χ1) is 3.39. The van der Waals surface area contributed by atoms with Crippen molar-refractivity contribution < 1.29 is 19.5 Å². The van der Waals surface area contributed by atoms with Crippen molar-refractivity contribution in [3.05, 3.63) is 24.3 Å². The van der Waals surface area contributed by atoms with Gasteiger partial charge in [-0.05, 0) is 0 Å². The van der Waals surface area contributed by atoms with E-state index in [1.54, 1.807) is 6.20 Å². The van der Waals surface area contributed by atoms with Crippen molar-refractivity contribution >= 4 is 0 Å². The van der Waals surface area contributed by atoms with E-state index in [1.807, 2.05) is 6.92 Å². The molecule has 0 aliphatic heterocycles. The van der Waals surface area contributed by atoms with E-state index in [4.69, 9.17) is 0 Å². The third kappa shape index (κ3) is 2.13. The topological polar surface area (TPSA) is 25.8 Å². The maximum Gasteiger partial charge on any atom is 0.108 e. The Morgan fingerprint density at radius 3 is 2.62 bits per heavy atom. The van der Waals surface area contributed by atoms with E-state index >= 15 is 0 Å². The van der Waals surface area contributed by atoms with Crippen LogP contribution in [-0.4, -0.2) is 9.97 Å². The molecule has 0 aliphatic carbocycles. The van der Waals surface area contributed by atoms with Crippen LogP contribution in [0.2, 0.25) is 0 Å². The van der Waals surface area contributed by atoms with Gasteiger partial charge >= 0.3 is 0 Å². The molecule has 1 aromatic heterocycles. The van der Waals surface area contributed by atoms with Gasteiger partial charge in [0.25, 0.3) is 0 Å². The van der Waals surface area contributed by atoms with Crippen LogP contribution in [0.15, 0.2) is 12.5 Å². The zero-order chi connectivity index (χ0) is 5.11. The molecule has 0 spiro atoms. The predicted molar refractivity (Wildman–Crippen MR) is 25.6 cm³/mol. The van der Waals surface area contributed by atoms with Crippen LogP contribution in [0.4, 0.5) is 0 Å². The summed E-state index contributed by atoms with van der Waals surface area (Å²) in [5.74, 6) is 0. The summed E-state index contributed by atoms with van der Waals surface area (Å²) < 4.78 is 0. The predicted octanol–water partition coefficient (Wildman–Crippen LogP) is 0.583. The number of hydrogen-bond acceptors (Lipinski definition) is 2. The number of rotatable bonds is 0. The minimum absolute atomic E-state index is 0. The molecule has 0 aromatic carbocycles. The molecule has 0 atom stereocenters. The minimum Gasteiger partial charge on any atom is -0.431 e. The fraction of sp³-hybridized carbons (Fsp3) is 0.200. The second-order valence-electron chi connectivity index (χ2n) is 1.25. The monoisotopic (exact) mass is 196 g/mol. The van der Waals surface area contributed by atoms with Crippen LogP contribution in [0.3, 0.4) is 0 Å². The van der Waals surface area contributed by atoms with Gasteiger partial charge in [-0.2, -0.15) is 0 Å². The third-order valence-corrected chi connectivity index (χ3v) is 0.666. The summed E-state index contributed by atoms with van der Waals surface area (Å²) in [4.78, 5) is 7.49. The molecular weight excluding hydrogens is 191 g/mol. The van der Waals surface area contributed by atoms with Crippen molar-refractivity contribution in [1.29, 1.82) is 0 Å². The molecule has 0 amide bonds. The average molecular weight is 196 g/mol. The second kappa shape index (κ2) is 3.67. The van der Waals surface area contributed by atoms with Crippen LogP contribution in [0.1, 0.15) is 5.69 Å². The van der Waals surface area contributed by atoms with Gasteiger partial charge in [0.05, 0.1) is 0 Å². The fourth-order valence-electron chi connectivity index (χ4n) is 0.321. The third-order valence-electron chi connectivity index (χ3n) is 0.666. The average Bonchev–Trinajstić information content (AvgIpc) is 1.69. The number of nitrogens with zero attached hydrogens (tertiary/aromatic N) is 2. The number of aryl methyl sites for hydroxylation is 1. The summed E-state index contributed by atoms with van der Waals surface area (Å²) in [6, 6.07) is 2.81. The van der Waals surface area contributed by atoms with Crippen LogP contribution < -0.4 is 0 Å². The van der Waals surface area contributed by atoms with Gasteiger partial charge in [0.15, 0.2) is 0 Å². The summed E-state index contributed by atoms with van der Waals surface area (Å²) in [5, 5.41) is 0. The zero-order valence-corrected chi connectivity index (χ0v) is 6.02. The summed E-state index contributed by atoms with van der Waals surface area (Å²) in [5.41, 5.74) is 0.884. The molecule has 0 unspecified atom stereocenters. The maximum absolute atomic E-state index is 3.81. The van der Waals surface area contributed by atoms with E-state index < -0.39 is 0 Å². The van der Waals surface area contributed by atoms with Crippen LogP contribution in [0, 0.1) is 13.0 Å². The van der Waals surface area contributed by atoms with E-state index in [-0.39, 0.29) is 19.5 Å². The first kappa shape index (κ1) is 7.70. The fourth-order valence-corrected chi connectivity index (χ4v) is 0.321. The standard InChI is InChI=1S/C5H5N2.Rh/c1-5-2-3-6-4-7-5;/h3-4H,1H3;/q-1;. The smallest absolute Gasteiger partial charge is 0.108 e. The number of aromatic nitrogens is 2. The minimum atomic E-state index is 0. The van der Waals surface area contributed by atoms with Crippen LogP contribution >= 0.6 is 0 Å². The Labute approximate surface area is 61.1 Å². The van der Waals surface area contributed by atoms with Crippen molar-refractivity contribution in [2.24, 2.45) is 0 Å². The summed E-state index contributed by atoms with van der Waals surface area (Å²) in [6.07, 6.45) is 3.11. The molecule has 0 saturated carbocycles. The van der Waals surface area contributed by atoms with Gasteiger partial charge < -0.3 is 6.07 Å². The van der Waals surface area contributed by atoms with Crippen molar-refractivity contribution in [3.63, 3.8) is 0 Å². The summed E-state index contributed by atoms with van der Waals surface area (Å²) >= 11 is 0. The normalized spacial score (nSPS) is 7.62. The van der Waals surface area contributed by atoms with Crippen molar-refractivity contribution in [2.75, 3.05) is 0 Å². The van der Waals surface area contributed by atoms with E-state index in [9.17, 15) is 0 Å². The Morgan fingerprint density at radius 1 is 1.62 bits per heavy atom. The Balaban J connectivity index is 0.000000490. The largest absolute Gasteiger partial charge is 0.431 e. The molecule has 1 rings (SSSR count). The quantitative estimate of drug-likeness (QED) is 0.448. The Hall–Kier alpha value is -0.297. The van der Waals surface area contributed by atoms with Crippen molar-refractivity contribution in [2.45, 2.75) is 6.92 Å². The molecular formula is C5H5N2Rh-. The Kier molecular flexibility index (Phi) is 3.54. The Morgan fingerprint density at radius 2 is 2.38 bits per heavy atom. The van der Waals surface area contributed by atoms with E-state index in [0.29, 0.717) is 0 Å². The molecule has 0 N–H and O–H groups in total. The second-order valence-corrected chi connectivity index (χ2v) is 1.25. The van der Waals surface area contributed by atoms with E-state index in [2.05, 4.69) is 16.0 Å². The molecule has 45 valence electrons. The molecule has 1 aromatic rings. The molecule has 1 radical (unpaired) electrons. The van der Waals surface area contributed by atoms with E-state index in [1.165, 1.54) is 6.33 Å². The molecule has 1 heterocycles. The molecule has 3 heteroatoms. The molecule has 8 heavy (non-hydrogen) atoms. The number of hydrogen-bond donors (Lipinski definition) is 0. The molecule has 0 aliphatic rings. The van der Waals surface area contributed by atoms with Gasteiger partial charge in [-0.1, -0.05) is 6.92 Å². The van der Waals surface area contributed by atoms with Gasteiger partial charge in [0.2, 0.25) is 0 Å². The van der Waals surface area contributed by atoms with Crippen molar-refractivity contribution in [1.82, 2.24) is 9.97 Å². The van der Waals surface area contributed by atoms with E-state index in [0.717, 1.165) is 5.69 Å². The SMILES string of the molecule is Cc1[c-]cncn1.[Rh]. The van der Waals surface area contributed by atoms with Crippen LogP contribution in [-0.2, 0) is 19.5 Å². The first-order valence-electron chi connectivity index (χ1n) is 2.04. The maximum atomic E-state index is 3.81. The van der Waals surface area contributed by atoms with Gasteiger partial charge in [0, 0.05) is 19.5 Å². The van der Waals surface area contributed by atoms with Crippen LogP contribution in [0.25, 0.3) is 0 Å². The molecule has 0 fully saturated rings. The summed E-state index contributed by atoms with van der Waals surface area (Å²) in [6.45, 7) is 1.88. The summed E-state index contributed by atoms with van der Waals surface area (Å²) in [7, 11) is 0. The van der Waals surface area contributed by atoms with Crippen molar-refractivity contribution in [3.8, 4) is 0 Å². The van der Waals surface area contributed by atoms with Gasteiger partial charge in [-0.15, -0.1) is 11.9 Å². The Bertz CT molecular complexity index is 140. The van der Waals surface area contributed by atoms with Gasteiger partial charge in [0.1, 0.15) is 6.33 Å². The van der Waals surface area contributed by atoms with Gasteiger partial charge in [-0.25, -0.2) is 0 Å². The van der Waals surface area contributed by atoms with Crippen LogP contribution in [0.5, 0.6) is 0 Å².